The Morgan fingerprint density at radius 3 is 2.00 bits per heavy atom. The number of carbonyl (C=O) groups excluding carboxylic acids is 1. The molecule has 3 heterocycles. The van der Waals surface area contributed by atoms with Crippen LogP contribution in [-0.2, 0) is 41.1 Å². The quantitative estimate of drug-likeness (QED) is 0.190. The fourth-order valence-electron chi connectivity index (χ4n) is 6.97. The van der Waals surface area contributed by atoms with Crippen LogP contribution in [0, 0.1) is 0 Å². The van der Waals surface area contributed by atoms with E-state index < -0.39 is 15.8 Å². The molecular formula is C41H54N8O4S. The predicted molar refractivity (Wildman–Crippen MR) is 218 cm³/mol. The summed E-state index contributed by atoms with van der Waals surface area (Å²) in [7, 11) is -3.53. The summed E-state index contributed by atoms with van der Waals surface area (Å²) in [6.07, 6.45) is -0.241. The van der Waals surface area contributed by atoms with Crippen molar-refractivity contribution in [3.8, 4) is 0 Å². The Morgan fingerprint density at radius 1 is 0.759 bits per heavy atom. The second-order valence-electron chi connectivity index (χ2n) is 14.6. The third-order valence-electron chi connectivity index (χ3n) is 9.70. The van der Waals surface area contributed by atoms with Crippen molar-refractivity contribution >= 4 is 39.1 Å². The Balaban J connectivity index is 0.000000186. The lowest BCUT2D eigenvalue weighted by molar-refractivity contribution is 0.0240. The predicted octanol–water partition coefficient (Wildman–Crippen LogP) is 5.27. The maximum Gasteiger partial charge on any atom is 0.410 e. The number of fused-ring (bicyclic) bond motifs is 1. The van der Waals surface area contributed by atoms with Gasteiger partial charge in [0.25, 0.3) is 0 Å². The molecule has 54 heavy (non-hydrogen) atoms. The summed E-state index contributed by atoms with van der Waals surface area (Å²) in [5, 5.41) is 6.88. The smallest absolute Gasteiger partial charge is 0.410 e. The number of nitrogens with two attached hydrogens (primary N) is 1. The summed E-state index contributed by atoms with van der Waals surface area (Å²) in [5.41, 5.74) is 14.1. The number of nitrogens with zero attached hydrogens (tertiary/aromatic N) is 4. The van der Waals surface area contributed by atoms with Crippen LogP contribution in [-0.4, -0.2) is 77.4 Å². The molecule has 0 saturated carbocycles. The summed E-state index contributed by atoms with van der Waals surface area (Å²) >= 11 is 0. The fourth-order valence-corrected chi connectivity index (χ4v) is 8.20. The molecule has 0 spiro atoms. The van der Waals surface area contributed by atoms with Crippen LogP contribution in [0.25, 0.3) is 0 Å². The van der Waals surface area contributed by atoms with E-state index in [-0.39, 0.29) is 6.09 Å². The number of amides is 1. The molecule has 3 aliphatic rings. The van der Waals surface area contributed by atoms with E-state index in [1.165, 1.54) is 9.87 Å². The highest BCUT2D eigenvalue weighted by atomic mass is 32.2. The summed E-state index contributed by atoms with van der Waals surface area (Å²) < 4.78 is 34.9. The van der Waals surface area contributed by atoms with Gasteiger partial charge in [-0.05, 0) is 56.2 Å². The van der Waals surface area contributed by atoms with Gasteiger partial charge in [0, 0.05) is 100 Å². The number of hydrogen-bond donors (Lipinski definition) is 4. The van der Waals surface area contributed by atoms with Gasteiger partial charge in [-0.3, -0.25) is 4.31 Å². The van der Waals surface area contributed by atoms with Crippen molar-refractivity contribution in [2.45, 2.75) is 52.6 Å². The van der Waals surface area contributed by atoms with Crippen LogP contribution in [0.3, 0.4) is 0 Å². The molecule has 1 amide bonds. The number of anilines is 4. The molecule has 0 aromatic heterocycles. The van der Waals surface area contributed by atoms with E-state index in [0.29, 0.717) is 32.7 Å². The first-order valence-corrected chi connectivity index (χ1v) is 20.2. The molecule has 0 radical (unpaired) electrons. The minimum Gasteiger partial charge on any atom is -0.444 e. The largest absolute Gasteiger partial charge is 0.444 e. The van der Waals surface area contributed by atoms with Gasteiger partial charge in [-0.15, -0.1) is 0 Å². The van der Waals surface area contributed by atoms with Crippen LogP contribution in [0.2, 0.25) is 0 Å². The third kappa shape index (κ3) is 9.83. The van der Waals surface area contributed by atoms with Gasteiger partial charge < -0.3 is 35.8 Å². The van der Waals surface area contributed by atoms with E-state index in [4.69, 9.17) is 10.5 Å². The second kappa shape index (κ2) is 17.5. The standard InChI is InChI=1S/C23H32N4O2.C18H22N4O2S/c1-23(2,3)29-22(28)27-14-12-26(13-15-27)21-11-7-10-20(19(21)16-24)25-17-18-8-5-4-6-9-18;23-25(24)20-13-16-17(21-11-9-19-10-12-21)7-4-8-18(16)22(25)14-15-5-2-1-3-6-15/h4-11,25H,12-17,24H2,1-3H3;1-8,19-20H,9-14H2. The van der Waals surface area contributed by atoms with Crippen molar-refractivity contribution in [1.29, 1.82) is 0 Å². The zero-order valence-corrected chi connectivity index (χ0v) is 32.4. The molecule has 288 valence electrons. The second-order valence-corrected chi connectivity index (χ2v) is 16.3. The number of ether oxygens (including phenoxy) is 1. The number of carbonyl (C=O) groups is 1. The van der Waals surface area contributed by atoms with E-state index >= 15 is 0 Å². The molecule has 7 rings (SSSR count). The zero-order chi connectivity index (χ0) is 38.1. The normalized spacial score (nSPS) is 16.9. The first-order valence-electron chi connectivity index (χ1n) is 18.7. The molecule has 0 aliphatic carbocycles. The first kappa shape index (κ1) is 38.9. The summed E-state index contributed by atoms with van der Waals surface area (Å²) in [6, 6.07) is 32.2. The van der Waals surface area contributed by atoms with E-state index in [1.807, 2.05) is 81.4 Å². The van der Waals surface area contributed by atoms with Crippen molar-refractivity contribution < 1.29 is 17.9 Å². The van der Waals surface area contributed by atoms with Crippen LogP contribution < -0.4 is 35.2 Å². The Kier molecular flexibility index (Phi) is 12.6. The van der Waals surface area contributed by atoms with Gasteiger partial charge in [0.1, 0.15) is 5.60 Å². The number of hydrogen-bond acceptors (Lipinski definition) is 9. The van der Waals surface area contributed by atoms with Gasteiger partial charge >= 0.3 is 16.3 Å². The first-order chi connectivity index (χ1) is 26.0. The highest BCUT2D eigenvalue weighted by Crippen LogP contribution is 2.36. The lowest BCUT2D eigenvalue weighted by Gasteiger charge is -2.37. The molecule has 0 atom stereocenters. The maximum atomic E-state index is 12.6. The van der Waals surface area contributed by atoms with Crippen molar-refractivity contribution in [1.82, 2.24) is 14.9 Å². The average Bonchev–Trinajstić information content (AvgIpc) is 3.18. The van der Waals surface area contributed by atoms with Gasteiger partial charge in [0.15, 0.2) is 0 Å². The van der Waals surface area contributed by atoms with Crippen LogP contribution in [0.1, 0.15) is 43.0 Å². The number of benzene rings is 4. The summed E-state index contributed by atoms with van der Waals surface area (Å²) in [4.78, 5) is 18.7. The highest BCUT2D eigenvalue weighted by molar-refractivity contribution is 7.90. The number of nitrogens with one attached hydrogen (secondary N) is 3. The van der Waals surface area contributed by atoms with Crippen LogP contribution in [0.5, 0.6) is 0 Å². The van der Waals surface area contributed by atoms with Crippen molar-refractivity contribution in [3.05, 3.63) is 119 Å². The SMILES string of the molecule is CC(C)(C)OC(=O)N1CCN(c2cccc(NCc3ccccc3)c2CN)CC1.O=S1(=O)NCc2c(N3CCNCC3)cccc2N1Cc1ccccc1. The molecule has 12 nitrogen and oxygen atoms in total. The number of piperazine rings is 2. The van der Waals surface area contributed by atoms with E-state index in [1.54, 1.807) is 4.90 Å². The van der Waals surface area contributed by atoms with Crippen LogP contribution in [0.15, 0.2) is 97.1 Å². The molecule has 3 aliphatic heterocycles. The monoisotopic (exact) mass is 754 g/mol. The van der Waals surface area contributed by atoms with Crippen LogP contribution in [0.4, 0.5) is 27.5 Å². The Morgan fingerprint density at radius 2 is 1.35 bits per heavy atom. The Bertz CT molecular complexity index is 1940. The molecule has 0 unspecified atom stereocenters. The molecule has 2 saturated heterocycles. The van der Waals surface area contributed by atoms with E-state index in [9.17, 15) is 13.2 Å². The van der Waals surface area contributed by atoms with E-state index in [0.717, 1.165) is 85.3 Å². The minimum atomic E-state index is -3.53. The topological polar surface area (TPSA) is 136 Å². The minimum absolute atomic E-state index is 0.241. The zero-order valence-electron chi connectivity index (χ0n) is 31.6. The van der Waals surface area contributed by atoms with Gasteiger partial charge in [-0.1, -0.05) is 72.8 Å². The highest BCUT2D eigenvalue weighted by Gasteiger charge is 2.32. The van der Waals surface area contributed by atoms with Gasteiger partial charge in [0.2, 0.25) is 0 Å². The average molecular weight is 755 g/mol. The van der Waals surface area contributed by atoms with E-state index in [2.05, 4.69) is 61.6 Å². The third-order valence-corrected chi connectivity index (χ3v) is 11.1. The Labute approximate surface area is 320 Å². The van der Waals surface area contributed by atoms with Crippen molar-refractivity contribution in [2.24, 2.45) is 5.73 Å². The molecule has 0 bridgehead atoms. The summed E-state index contributed by atoms with van der Waals surface area (Å²) in [6.45, 7) is 14.1. The molecule has 13 heteroatoms. The van der Waals surface area contributed by atoms with Crippen molar-refractivity contribution in [3.63, 3.8) is 0 Å². The van der Waals surface area contributed by atoms with Gasteiger partial charge in [-0.2, -0.15) is 13.1 Å². The number of rotatable bonds is 8. The van der Waals surface area contributed by atoms with Gasteiger partial charge in [0.05, 0.1) is 12.2 Å². The van der Waals surface area contributed by atoms with Crippen molar-refractivity contribution in [2.75, 3.05) is 71.8 Å². The lowest BCUT2D eigenvalue weighted by Crippen LogP contribution is -2.50. The molecule has 2 fully saturated rings. The molecule has 4 aromatic rings. The molecule has 4 aromatic carbocycles. The Hall–Kier alpha value is -4.82. The lowest BCUT2D eigenvalue weighted by atomic mass is 10.1. The van der Waals surface area contributed by atoms with Crippen LogP contribution >= 0.6 is 0 Å². The maximum absolute atomic E-state index is 12.6. The van der Waals surface area contributed by atoms with Gasteiger partial charge in [-0.25, -0.2) is 4.79 Å². The molecular weight excluding hydrogens is 701 g/mol. The fraction of sp³-hybridized carbons (Fsp3) is 0.390. The summed E-state index contributed by atoms with van der Waals surface area (Å²) in [5.74, 6) is 0. The molecule has 5 N–H and O–H groups in total.